The molecule has 3 nitrogen and oxygen atoms in total. The summed E-state index contributed by atoms with van der Waals surface area (Å²) in [5.41, 5.74) is -0.527. The van der Waals surface area contributed by atoms with Gasteiger partial charge in [0.15, 0.2) is 0 Å². The molecule has 0 aliphatic rings. The van der Waals surface area contributed by atoms with Crippen LogP contribution in [-0.4, -0.2) is 4.98 Å². The number of alkyl halides is 3. The second-order valence-corrected chi connectivity index (χ2v) is 4.28. The first-order valence-electron chi connectivity index (χ1n) is 5.82. The zero-order valence-corrected chi connectivity index (χ0v) is 10.8. The Balaban J connectivity index is 2.42. The highest BCUT2D eigenvalue weighted by Crippen LogP contribution is 2.33. The van der Waals surface area contributed by atoms with Gasteiger partial charge in [0, 0.05) is 11.9 Å². The van der Waals surface area contributed by atoms with Gasteiger partial charge in [-0.15, -0.1) is 0 Å². The van der Waals surface area contributed by atoms with Gasteiger partial charge < -0.3 is 5.32 Å². The normalized spacial score (nSPS) is 11.0. The molecule has 0 saturated heterocycles. The summed E-state index contributed by atoms with van der Waals surface area (Å²) in [7, 11) is 0. The van der Waals surface area contributed by atoms with E-state index in [2.05, 4.69) is 10.3 Å². The van der Waals surface area contributed by atoms with E-state index < -0.39 is 17.6 Å². The molecule has 7 heteroatoms. The quantitative estimate of drug-likeness (QED) is 0.846. The Kier molecular flexibility index (Phi) is 3.80. The molecule has 0 aliphatic heterocycles. The van der Waals surface area contributed by atoms with E-state index in [1.807, 2.05) is 6.07 Å². The molecule has 0 radical (unpaired) electrons. The molecule has 2 aromatic rings. The maximum absolute atomic E-state index is 13.2. The average molecular weight is 295 g/mol. The monoisotopic (exact) mass is 295 g/mol. The number of rotatable bonds is 2. The molecule has 0 fully saturated rings. The molecule has 0 bridgehead atoms. The van der Waals surface area contributed by atoms with E-state index in [1.54, 1.807) is 13.0 Å². The number of hydrogen-bond acceptors (Lipinski definition) is 3. The number of nitrogens with one attached hydrogen (secondary N) is 1. The predicted molar refractivity (Wildman–Crippen MR) is 68.4 cm³/mol. The standard InChI is InChI=1S/C14H9F4N3/c1-8-4-5-20-13(10(8)7-19)21-9-2-3-12(15)11(6-9)14(16,17)18/h2-6H,1H3,(H,20,21). The lowest BCUT2D eigenvalue weighted by Gasteiger charge is -2.12. The summed E-state index contributed by atoms with van der Waals surface area (Å²) in [6.07, 6.45) is -3.37. The van der Waals surface area contributed by atoms with Gasteiger partial charge in [0.2, 0.25) is 0 Å². The average Bonchev–Trinajstić information content (AvgIpc) is 2.40. The first-order valence-corrected chi connectivity index (χ1v) is 5.82. The third kappa shape index (κ3) is 3.11. The van der Waals surface area contributed by atoms with Gasteiger partial charge >= 0.3 is 6.18 Å². The second-order valence-electron chi connectivity index (χ2n) is 4.28. The summed E-state index contributed by atoms with van der Waals surface area (Å²) in [5.74, 6) is -1.23. The van der Waals surface area contributed by atoms with Crippen molar-refractivity contribution in [2.75, 3.05) is 5.32 Å². The van der Waals surface area contributed by atoms with E-state index in [1.165, 1.54) is 6.20 Å². The molecule has 0 spiro atoms. The molecule has 108 valence electrons. The summed E-state index contributed by atoms with van der Waals surface area (Å²) in [4.78, 5) is 3.91. The zero-order chi connectivity index (χ0) is 15.6. The maximum Gasteiger partial charge on any atom is 0.419 e. The van der Waals surface area contributed by atoms with Gasteiger partial charge in [-0.3, -0.25) is 0 Å². The van der Waals surface area contributed by atoms with Crippen molar-refractivity contribution in [3.63, 3.8) is 0 Å². The Bertz CT molecular complexity index is 717. The lowest BCUT2D eigenvalue weighted by molar-refractivity contribution is -0.139. The fourth-order valence-corrected chi connectivity index (χ4v) is 1.75. The molecule has 1 heterocycles. The Morgan fingerprint density at radius 3 is 2.57 bits per heavy atom. The largest absolute Gasteiger partial charge is 0.419 e. The number of hydrogen-bond donors (Lipinski definition) is 1. The molecular formula is C14H9F4N3. The van der Waals surface area contributed by atoms with Gasteiger partial charge in [0.1, 0.15) is 17.7 Å². The van der Waals surface area contributed by atoms with Crippen LogP contribution in [0.1, 0.15) is 16.7 Å². The van der Waals surface area contributed by atoms with E-state index in [-0.39, 0.29) is 17.1 Å². The summed E-state index contributed by atoms with van der Waals surface area (Å²) >= 11 is 0. The van der Waals surface area contributed by atoms with Crippen LogP contribution in [0.4, 0.5) is 29.1 Å². The molecule has 1 aromatic carbocycles. The van der Waals surface area contributed by atoms with Crippen LogP contribution in [0.5, 0.6) is 0 Å². The fraction of sp³-hybridized carbons (Fsp3) is 0.143. The van der Waals surface area contributed by atoms with E-state index in [0.29, 0.717) is 17.7 Å². The molecule has 21 heavy (non-hydrogen) atoms. The Hall–Kier alpha value is -2.62. The Labute approximate surface area is 117 Å². The van der Waals surface area contributed by atoms with E-state index in [0.717, 1.165) is 6.07 Å². The van der Waals surface area contributed by atoms with Crippen LogP contribution in [0.3, 0.4) is 0 Å². The summed E-state index contributed by atoms with van der Waals surface area (Å²) < 4.78 is 51.1. The lowest BCUT2D eigenvalue weighted by atomic mass is 10.1. The van der Waals surface area contributed by atoms with Crippen molar-refractivity contribution in [1.29, 1.82) is 5.26 Å². The number of aryl methyl sites for hydroxylation is 1. The van der Waals surface area contributed by atoms with Crippen molar-refractivity contribution in [3.8, 4) is 6.07 Å². The number of aromatic nitrogens is 1. The van der Waals surface area contributed by atoms with Crippen molar-refractivity contribution in [1.82, 2.24) is 4.98 Å². The van der Waals surface area contributed by atoms with Crippen LogP contribution in [0.2, 0.25) is 0 Å². The third-order valence-electron chi connectivity index (χ3n) is 2.81. The summed E-state index contributed by atoms with van der Waals surface area (Å²) in [6.45, 7) is 1.68. The smallest absolute Gasteiger partial charge is 0.339 e. The topological polar surface area (TPSA) is 48.7 Å². The summed E-state index contributed by atoms with van der Waals surface area (Å²) in [5, 5.41) is 11.6. The van der Waals surface area contributed by atoms with Crippen LogP contribution >= 0.6 is 0 Å². The number of nitriles is 1. The van der Waals surface area contributed by atoms with Gasteiger partial charge in [-0.05, 0) is 36.8 Å². The maximum atomic E-state index is 13.2. The van der Waals surface area contributed by atoms with Crippen molar-refractivity contribution in [3.05, 3.63) is 53.0 Å². The van der Waals surface area contributed by atoms with Crippen LogP contribution in [-0.2, 0) is 6.18 Å². The van der Waals surface area contributed by atoms with Crippen molar-refractivity contribution < 1.29 is 17.6 Å². The zero-order valence-electron chi connectivity index (χ0n) is 10.8. The molecule has 2 rings (SSSR count). The van der Waals surface area contributed by atoms with Crippen LogP contribution in [0.15, 0.2) is 30.5 Å². The van der Waals surface area contributed by atoms with Crippen LogP contribution in [0, 0.1) is 24.1 Å². The number of anilines is 2. The molecule has 0 saturated carbocycles. The van der Waals surface area contributed by atoms with E-state index in [4.69, 9.17) is 5.26 Å². The van der Waals surface area contributed by atoms with Gasteiger partial charge in [0.05, 0.1) is 11.1 Å². The molecule has 0 unspecified atom stereocenters. The molecule has 1 aromatic heterocycles. The SMILES string of the molecule is Cc1ccnc(Nc2ccc(F)c(C(F)(F)F)c2)c1C#N. The van der Waals surface area contributed by atoms with Gasteiger partial charge in [-0.25, -0.2) is 9.37 Å². The Morgan fingerprint density at radius 2 is 1.95 bits per heavy atom. The second kappa shape index (κ2) is 5.40. The highest BCUT2D eigenvalue weighted by molar-refractivity contribution is 5.64. The van der Waals surface area contributed by atoms with Gasteiger partial charge in [-0.2, -0.15) is 18.4 Å². The highest BCUT2D eigenvalue weighted by atomic mass is 19.4. The third-order valence-corrected chi connectivity index (χ3v) is 2.81. The number of nitrogens with zero attached hydrogens (tertiary/aromatic N) is 2. The number of pyridine rings is 1. The van der Waals surface area contributed by atoms with Crippen molar-refractivity contribution in [2.45, 2.75) is 13.1 Å². The van der Waals surface area contributed by atoms with Crippen LogP contribution in [0.25, 0.3) is 0 Å². The van der Waals surface area contributed by atoms with Crippen molar-refractivity contribution in [2.24, 2.45) is 0 Å². The molecule has 0 amide bonds. The minimum Gasteiger partial charge on any atom is -0.339 e. The van der Waals surface area contributed by atoms with Crippen LogP contribution < -0.4 is 5.32 Å². The first-order chi connectivity index (χ1) is 9.82. The molecule has 1 N–H and O–H groups in total. The van der Waals surface area contributed by atoms with E-state index in [9.17, 15) is 17.6 Å². The number of halogens is 4. The molecule has 0 atom stereocenters. The molecule has 0 aliphatic carbocycles. The first kappa shape index (κ1) is 14.8. The minimum absolute atomic E-state index is 0.00155. The Morgan fingerprint density at radius 1 is 1.24 bits per heavy atom. The van der Waals surface area contributed by atoms with E-state index >= 15 is 0 Å². The van der Waals surface area contributed by atoms with Gasteiger partial charge in [-0.1, -0.05) is 0 Å². The predicted octanol–water partition coefficient (Wildman–Crippen LogP) is 4.16. The molecular weight excluding hydrogens is 286 g/mol. The minimum atomic E-state index is -4.79. The van der Waals surface area contributed by atoms with Gasteiger partial charge in [0.25, 0.3) is 0 Å². The summed E-state index contributed by atoms with van der Waals surface area (Å²) in [6, 6.07) is 6.03. The highest BCUT2D eigenvalue weighted by Gasteiger charge is 2.34. The number of benzene rings is 1. The lowest BCUT2D eigenvalue weighted by Crippen LogP contribution is -2.09. The van der Waals surface area contributed by atoms with Crippen molar-refractivity contribution >= 4 is 11.5 Å². The fourth-order valence-electron chi connectivity index (χ4n) is 1.75.